The average molecular weight is 305 g/mol. The maximum Gasteiger partial charge on any atom is 0.0660 e. The van der Waals surface area contributed by atoms with Gasteiger partial charge in [0, 0.05) is 6.61 Å². The van der Waals surface area contributed by atoms with Crippen LogP contribution >= 0.6 is 0 Å². The summed E-state index contributed by atoms with van der Waals surface area (Å²) in [5.74, 6) is 1.35. The van der Waals surface area contributed by atoms with Gasteiger partial charge in [0.05, 0.1) is 5.60 Å². The molecule has 1 saturated heterocycles. The fourth-order valence-electron chi connectivity index (χ4n) is 3.11. The van der Waals surface area contributed by atoms with Crippen molar-refractivity contribution in [3.8, 4) is 0 Å². The molecule has 22 heavy (non-hydrogen) atoms. The highest BCUT2D eigenvalue weighted by molar-refractivity contribution is 5.17. The van der Waals surface area contributed by atoms with Crippen LogP contribution in [0.2, 0.25) is 0 Å². The minimum Gasteiger partial charge on any atom is -0.375 e. The number of hydrogen-bond donors (Lipinski definition) is 0. The predicted octanol–water partition coefficient (Wildman–Crippen LogP) is 6.47. The summed E-state index contributed by atoms with van der Waals surface area (Å²) in [4.78, 5) is 0. The summed E-state index contributed by atoms with van der Waals surface area (Å²) in [6, 6.07) is 0. The Morgan fingerprint density at radius 1 is 1.27 bits per heavy atom. The van der Waals surface area contributed by atoms with E-state index in [-0.39, 0.29) is 5.60 Å². The van der Waals surface area contributed by atoms with E-state index in [2.05, 4.69) is 65.0 Å². The van der Waals surface area contributed by atoms with Gasteiger partial charge in [-0.05, 0) is 57.8 Å². The molecule has 0 amide bonds. The van der Waals surface area contributed by atoms with Crippen molar-refractivity contribution in [1.82, 2.24) is 0 Å². The van der Waals surface area contributed by atoms with Gasteiger partial charge >= 0.3 is 0 Å². The largest absolute Gasteiger partial charge is 0.375 e. The molecule has 1 rings (SSSR count). The molecule has 126 valence electrons. The van der Waals surface area contributed by atoms with Crippen LogP contribution in [0.1, 0.15) is 73.1 Å². The van der Waals surface area contributed by atoms with E-state index in [9.17, 15) is 0 Å². The Kier molecular flexibility index (Phi) is 8.78. The van der Waals surface area contributed by atoms with Gasteiger partial charge in [-0.15, -0.1) is 0 Å². The third-order valence-electron chi connectivity index (χ3n) is 4.87. The normalized spacial score (nSPS) is 28.6. The van der Waals surface area contributed by atoms with Crippen LogP contribution in [0.3, 0.4) is 0 Å². The minimum atomic E-state index is 0.0764. The zero-order chi connectivity index (χ0) is 16.4. The van der Waals surface area contributed by atoms with E-state index in [1.165, 1.54) is 37.7 Å². The van der Waals surface area contributed by atoms with Gasteiger partial charge in [-0.2, -0.15) is 0 Å². The Labute approximate surface area is 138 Å². The van der Waals surface area contributed by atoms with Crippen molar-refractivity contribution in [2.45, 2.75) is 78.7 Å². The third-order valence-corrected chi connectivity index (χ3v) is 4.87. The van der Waals surface area contributed by atoms with Crippen LogP contribution in [-0.4, -0.2) is 12.2 Å². The molecule has 1 aliphatic heterocycles. The first-order chi connectivity index (χ1) is 10.5. The fourth-order valence-corrected chi connectivity index (χ4v) is 3.11. The lowest BCUT2D eigenvalue weighted by Crippen LogP contribution is -2.37. The number of rotatable bonds is 8. The topological polar surface area (TPSA) is 9.23 Å². The van der Waals surface area contributed by atoms with Gasteiger partial charge < -0.3 is 4.74 Å². The third kappa shape index (κ3) is 6.96. The lowest BCUT2D eigenvalue weighted by atomic mass is 9.80. The van der Waals surface area contributed by atoms with Gasteiger partial charge in [-0.1, -0.05) is 63.1 Å². The second-order valence-corrected chi connectivity index (χ2v) is 7.23. The molecule has 1 aliphatic rings. The van der Waals surface area contributed by atoms with Gasteiger partial charge in [0.2, 0.25) is 0 Å². The lowest BCUT2D eigenvalue weighted by Gasteiger charge is -2.39. The quantitative estimate of drug-likeness (QED) is 0.467. The Balaban J connectivity index is 2.55. The smallest absolute Gasteiger partial charge is 0.0660 e. The van der Waals surface area contributed by atoms with Crippen LogP contribution in [0.15, 0.2) is 36.0 Å². The van der Waals surface area contributed by atoms with Crippen LogP contribution in [-0.2, 0) is 4.74 Å². The van der Waals surface area contributed by atoms with Crippen molar-refractivity contribution >= 4 is 0 Å². The maximum atomic E-state index is 6.17. The van der Waals surface area contributed by atoms with Crippen LogP contribution in [0.4, 0.5) is 0 Å². The SMILES string of the molecule is CCC/C=C/C=C/C=C(\C)C(CC)C[C@]1(C)CC[C@@H](C)CO1. The zero-order valence-corrected chi connectivity index (χ0v) is 15.4. The first-order valence-electron chi connectivity index (χ1n) is 9.14. The van der Waals surface area contributed by atoms with E-state index in [1.54, 1.807) is 0 Å². The summed E-state index contributed by atoms with van der Waals surface area (Å²) in [5.41, 5.74) is 1.55. The van der Waals surface area contributed by atoms with E-state index in [0.29, 0.717) is 5.92 Å². The van der Waals surface area contributed by atoms with Gasteiger partial charge in [0.25, 0.3) is 0 Å². The van der Waals surface area contributed by atoms with Crippen LogP contribution in [0.5, 0.6) is 0 Å². The van der Waals surface area contributed by atoms with Crippen molar-refractivity contribution in [1.29, 1.82) is 0 Å². The molecule has 0 aromatic heterocycles. The van der Waals surface area contributed by atoms with E-state index >= 15 is 0 Å². The Bertz CT molecular complexity index is 381. The molecule has 0 aliphatic carbocycles. The Morgan fingerprint density at radius 3 is 2.64 bits per heavy atom. The van der Waals surface area contributed by atoms with E-state index < -0.39 is 0 Å². The van der Waals surface area contributed by atoms with Gasteiger partial charge in [-0.25, -0.2) is 0 Å². The second kappa shape index (κ2) is 10.0. The first kappa shape index (κ1) is 19.2. The van der Waals surface area contributed by atoms with Crippen molar-refractivity contribution in [3.05, 3.63) is 36.0 Å². The predicted molar refractivity (Wildman–Crippen MR) is 98.1 cm³/mol. The standard InChI is InChI=1S/C21H36O/c1-6-8-9-10-11-12-13-19(4)20(7-2)16-21(5)15-14-18(3)17-22-21/h9-13,18,20H,6-8,14-17H2,1-5H3/b10-9+,12-11+,19-13+/t18-,20?,21+/m1/s1. The monoisotopic (exact) mass is 304 g/mol. The van der Waals surface area contributed by atoms with Crippen LogP contribution in [0, 0.1) is 11.8 Å². The molecule has 1 fully saturated rings. The average Bonchev–Trinajstić information content (AvgIpc) is 2.51. The highest BCUT2D eigenvalue weighted by Crippen LogP contribution is 2.36. The van der Waals surface area contributed by atoms with Crippen LogP contribution < -0.4 is 0 Å². The molecule has 1 heterocycles. The molecule has 3 atom stereocenters. The minimum absolute atomic E-state index is 0.0764. The van der Waals surface area contributed by atoms with E-state index in [4.69, 9.17) is 4.74 Å². The Morgan fingerprint density at radius 2 is 2.05 bits per heavy atom. The Hall–Kier alpha value is -0.820. The molecule has 1 unspecified atom stereocenters. The summed E-state index contributed by atoms with van der Waals surface area (Å²) in [5, 5.41) is 0. The number of ether oxygens (including phenoxy) is 1. The zero-order valence-electron chi connectivity index (χ0n) is 15.4. The highest BCUT2D eigenvalue weighted by Gasteiger charge is 2.32. The summed E-state index contributed by atoms with van der Waals surface area (Å²) in [6.07, 6.45) is 18.2. The molecule has 0 saturated carbocycles. The van der Waals surface area contributed by atoms with Crippen molar-refractivity contribution in [3.63, 3.8) is 0 Å². The number of allylic oxidation sites excluding steroid dienone is 6. The lowest BCUT2D eigenvalue weighted by molar-refractivity contribution is -0.0960. The molecule has 0 bridgehead atoms. The molecular weight excluding hydrogens is 268 g/mol. The van der Waals surface area contributed by atoms with Crippen molar-refractivity contribution in [2.24, 2.45) is 11.8 Å². The van der Waals surface area contributed by atoms with Gasteiger partial charge in [-0.3, -0.25) is 0 Å². The van der Waals surface area contributed by atoms with E-state index in [0.717, 1.165) is 18.9 Å². The van der Waals surface area contributed by atoms with Crippen molar-refractivity contribution in [2.75, 3.05) is 6.61 Å². The van der Waals surface area contributed by atoms with Gasteiger partial charge in [0.15, 0.2) is 0 Å². The number of unbranched alkanes of at least 4 members (excludes halogenated alkanes) is 1. The summed E-state index contributed by atoms with van der Waals surface area (Å²) < 4.78 is 6.17. The van der Waals surface area contributed by atoms with Crippen LogP contribution in [0.25, 0.3) is 0 Å². The van der Waals surface area contributed by atoms with Crippen molar-refractivity contribution < 1.29 is 4.74 Å². The molecule has 0 radical (unpaired) electrons. The summed E-state index contributed by atoms with van der Waals surface area (Å²) in [6.45, 7) is 12.3. The second-order valence-electron chi connectivity index (χ2n) is 7.23. The fraction of sp³-hybridized carbons (Fsp3) is 0.714. The molecule has 0 N–H and O–H groups in total. The molecule has 0 spiro atoms. The number of hydrogen-bond acceptors (Lipinski definition) is 1. The molecule has 1 heteroatoms. The molecule has 0 aromatic rings. The van der Waals surface area contributed by atoms with E-state index in [1.807, 2.05) is 0 Å². The molecular formula is C21H36O. The van der Waals surface area contributed by atoms with Gasteiger partial charge in [0.1, 0.15) is 0 Å². The summed E-state index contributed by atoms with van der Waals surface area (Å²) >= 11 is 0. The maximum absolute atomic E-state index is 6.17. The molecule has 0 aromatic carbocycles. The summed E-state index contributed by atoms with van der Waals surface area (Å²) in [7, 11) is 0. The molecule has 1 nitrogen and oxygen atoms in total. The first-order valence-corrected chi connectivity index (χ1v) is 9.14. The highest BCUT2D eigenvalue weighted by atomic mass is 16.5.